The van der Waals surface area contributed by atoms with Gasteiger partial charge in [0, 0.05) is 0 Å². The molecule has 0 N–H and O–H groups in total. The lowest BCUT2D eigenvalue weighted by Crippen LogP contribution is -2.19. The molecule has 0 heterocycles. The zero-order chi connectivity index (χ0) is 16.9. The lowest BCUT2D eigenvalue weighted by Gasteiger charge is -2.26. The molecule has 0 aliphatic carbocycles. The highest BCUT2D eigenvalue weighted by atomic mass is 32.2. The molecule has 0 radical (unpaired) electrons. The summed E-state index contributed by atoms with van der Waals surface area (Å²) in [6.07, 6.45) is 0. The van der Waals surface area contributed by atoms with E-state index in [0.29, 0.717) is 16.9 Å². The summed E-state index contributed by atoms with van der Waals surface area (Å²) in [6, 6.07) is 25.5. The van der Waals surface area contributed by atoms with Crippen LogP contribution in [0.2, 0.25) is 0 Å². The normalized spacial score (nSPS) is 11.5. The van der Waals surface area contributed by atoms with E-state index in [9.17, 15) is 8.76 Å². The van der Waals surface area contributed by atoms with Crippen LogP contribution in [-0.4, -0.2) is 8.76 Å². The Labute approximate surface area is 143 Å². The van der Waals surface area contributed by atoms with Crippen molar-refractivity contribution in [2.24, 2.45) is 0 Å². The van der Waals surface area contributed by atoms with Crippen LogP contribution in [0.25, 0.3) is 11.1 Å². The van der Waals surface area contributed by atoms with E-state index in [4.69, 9.17) is 5.26 Å². The van der Waals surface area contributed by atoms with Crippen LogP contribution in [0, 0.1) is 11.3 Å². The Balaban J connectivity index is 1.92. The molecule has 24 heavy (non-hydrogen) atoms. The quantitative estimate of drug-likeness (QED) is 0.673. The van der Waals surface area contributed by atoms with Crippen LogP contribution in [0.1, 0.15) is 5.56 Å². The van der Waals surface area contributed by atoms with Crippen molar-refractivity contribution < 1.29 is 8.76 Å². The maximum absolute atomic E-state index is 11.6. The third kappa shape index (κ3) is 3.35. The third-order valence-corrected chi connectivity index (χ3v) is 4.31. The van der Waals surface area contributed by atoms with Gasteiger partial charge >= 0.3 is 0 Å². The van der Waals surface area contributed by atoms with Crippen molar-refractivity contribution >= 4 is 22.6 Å². The van der Waals surface area contributed by atoms with Gasteiger partial charge in [0.25, 0.3) is 0 Å². The highest BCUT2D eigenvalue weighted by molar-refractivity contribution is 7.81. The predicted octanol–water partition coefficient (Wildman–Crippen LogP) is 4.16. The van der Waals surface area contributed by atoms with Crippen LogP contribution in [0.15, 0.2) is 78.9 Å². The van der Waals surface area contributed by atoms with Gasteiger partial charge in [-0.05, 0) is 47.5 Å². The van der Waals surface area contributed by atoms with Gasteiger partial charge < -0.3 is 4.55 Å². The molecule has 0 aliphatic rings. The van der Waals surface area contributed by atoms with E-state index in [-0.39, 0.29) is 0 Å². The van der Waals surface area contributed by atoms with Crippen molar-refractivity contribution in [2.75, 3.05) is 4.31 Å². The fraction of sp³-hybridized carbons (Fsp3) is 0. The minimum absolute atomic E-state index is 0.562. The Morgan fingerprint density at radius 2 is 1.29 bits per heavy atom. The van der Waals surface area contributed by atoms with E-state index in [1.807, 2.05) is 30.3 Å². The number of nitrogens with zero attached hydrogens (tertiary/aromatic N) is 2. The Hall–Kier alpha value is -2.94. The molecule has 3 rings (SSSR count). The van der Waals surface area contributed by atoms with Gasteiger partial charge in [0.1, 0.15) is 0 Å². The summed E-state index contributed by atoms with van der Waals surface area (Å²) >= 11 is -2.41. The van der Waals surface area contributed by atoms with Crippen molar-refractivity contribution in [3.63, 3.8) is 0 Å². The molecule has 0 spiro atoms. The molecule has 5 heteroatoms. The summed E-state index contributed by atoms with van der Waals surface area (Å²) in [5.41, 5.74) is 3.67. The lowest BCUT2D eigenvalue weighted by molar-refractivity contribution is 0.537. The average molecular weight is 333 g/mol. The summed E-state index contributed by atoms with van der Waals surface area (Å²) in [5, 5.41) is 8.84. The molecule has 0 saturated carbocycles. The molecular formula is C19H13N2O2S-. The van der Waals surface area contributed by atoms with Gasteiger partial charge in [-0.25, -0.2) is 0 Å². The number of hydrogen-bond acceptors (Lipinski definition) is 3. The van der Waals surface area contributed by atoms with Crippen molar-refractivity contribution in [1.82, 2.24) is 0 Å². The van der Waals surface area contributed by atoms with Crippen LogP contribution >= 0.6 is 0 Å². The van der Waals surface area contributed by atoms with Gasteiger partial charge in [0.2, 0.25) is 0 Å². The Kier molecular flexibility index (Phi) is 4.71. The van der Waals surface area contributed by atoms with Crippen molar-refractivity contribution in [1.29, 1.82) is 5.26 Å². The maximum Gasteiger partial charge on any atom is 0.0991 e. The van der Waals surface area contributed by atoms with E-state index >= 15 is 0 Å². The Bertz CT molecular complexity index is 885. The standard InChI is InChI=1S/C19H14N2O2S/c20-14-15-6-8-16(9-7-15)17-10-12-19(13-11-17)21(24(22)23)18-4-2-1-3-5-18/h1-13H,(H,22,23)/p-1. The second kappa shape index (κ2) is 7.09. The minimum atomic E-state index is -2.41. The molecule has 0 aromatic heterocycles. The fourth-order valence-corrected chi connectivity index (χ4v) is 3.00. The SMILES string of the molecule is N#Cc1ccc(-c2ccc(N(c3ccccc3)S(=O)[O-])cc2)cc1. The van der Waals surface area contributed by atoms with E-state index in [1.54, 1.807) is 48.5 Å². The second-order valence-corrected chi connectivity index (χ2v) is 5.88. The number of rotatable bonds is 4. The summed E-state index contributed by atoms with van der Waals surface area (Å²) in [6.45, 7) is 0. The molecule has 1 unspecified atom stereocenters. The molecule has 4 nitrogen and oxygen atoms in total. The van der Waals surface area contributed by atoms with Crippen LogP contribution in [0.3, 0.4) is 0 Å². The summed E-state index contributed by atoms with van der Waals surface area (Å²) < 4.78 is 24.5. The first-order chi connectivity index (χ1) is 11.7. The number of benzene rings is 3. The molecule has 0 fully saturated rings. The van der Waals surface area contributed by atoms with Gasteiger partial charge in [-0.3, -0.25) is 8.51 Å². The molecule has 0 bridgehead atoms. The predicted molar refractivity (Wildman–Crippen MR) is 94.1 cm³/mol. The topological polar surface area (TPSA) is 67.2 Å². The summed E-state index contributed by atoms with van der Waals surface area (Å²) in [5.74, 6) is 0. The number of nitriles is 1. The fourth-order valence-electron chi connectivity index (χ4n) is 2.41. The van der Waals surface area contributed by atoms with Crippen molar-refractivity contribution in [2.45, 2.75) is 0 Å². The summed E-state index contributed by atoms with van der Waals surface area (Å²) in [4.78, 5) is 0. The van der Waals surface area contributed by atoms with Crippen LogP contribution < -0.4 is 4.31 Å². The molecular weight excluding hydrogens is 320 g/mol. The first-order valence-electron chi connectivity index (χ1n) is 7.24. The highest BCUT2D eigenvalue weighted by Crippen LogP contribution is 2.29. The van der Waals surface area contributed by atoms with Gasteiger partial charge in [-0.15, -0.1) is 0 Å². The second-order valence-electron chi connectivity index (χ2n) is 5.08. The van der Waals surface area contributed by atoms with Gasteiger partial charge in [0.05, 0.1) is 34.3 Å². The lowest BCUT2D eigenvalue weighted by atomic mass is 10.0. The van der Waals surface area contributed by atoms with Gasteiger partial charge in [-0.2, -0.15) is 5.26 Å². The average Bonchev–Trinajstić information content (AvgIpc) is 2.63. The number of anilines is 2. The largest absolute Gasteiger partial charge is 0.755 e. The monoisotopic (exact) mass is 333 g/mol. The smallest absolute Gasteiger partial charge is 0.0991 e. The molecule has 3 aromatic rings. The Morgan fingerprint density at radius 1 is 0.792 bits per heavy atom. The highest BCUT2D eigenvalue weighted by Gasteiger charge is 2.10. The Morgan fingerprint density at radius 3 is 1.79 bits per heavy atom. The molecule has 3 aromatic carbocycles. The van der Waals surface area contributed by atoms with Crippen molar-refractivity contribution in [3.8, 4) is 17.2 Å². The maximum atomic E-state index is 11.6. The molecule has 0 amide bonds. The van der Waals surface area contributed by atoms with Gasteiger partial charge in [0.15, 0.2) is 0 Å². The van der Waals surface area contributed by atoms with E-state index in [2.05, 4.69) is 6.07 Å². The van der Waals surface area contributed by atoms with E-state index < -0.39 is 11.3 Å². The van der Waals surface area contributed by atoms with E-state index in [1.165, 1.54) is 4.31 Å². The molecule has 0 saturated heterocycles. The summed E-state index contributed by atoms with van der Waals surface area (Å²) in [7, 11) is 0. The minimum Gasteiger partial charge on any atom is -0.755 e. The van der Waals surface area contributed by atoms with Gasteiger partial charge in [-0.1, -0.05) is 42.5 Å². The molecule has 1 atom stereocenters. The first kappa shape index (κ1) is 15.9. The molecule has 118 valence electrons. The number of para-hydroxylation sites is 1. The first-order valence-corrected chi connectivity index (χ1v) is 8.27. The van der Waals surface area contributed by atoms with E-state index in [0.717, 1.165) is 11.1 Å². The van der Waals surface area contributed by atoms with Crippen LogP contribution in [0.5, 0.6) is 0 Å². The zero-order valence-corrected chi connectivity index (χ0v) is 13.4. The zero-order valence-electron chi connectivity index (χ0n) is 12.6. The third-order valence-electron chi connectivity index (χ3n) is 3.59. The van der Waals surface area contributed by atoms with Crippen LogP contribution in [-0.2, 0) is 11.3 Å². The number of hydrogen-bond donors (Lipinski definition) is 0. The molecule has 0 aliphatic heterocycles. The van der Waals surface area contributed by atoms with Crippen LogP contribution in [0.4, 0.5) is 11.4 Å². The van der Waals surface area contributed by atoms with Crippen molar-refractivity contribution in [3.05, 3.63) is 84.4 Å².